The van der Waals surface area contributed by atoms with Crippen LogP contribution in [0.4, 0.5) is 13.2 Å². The molecule has 1 fully saturated rings. The van der Waals surface area contributed by atoms with Gasteiger partial charge in [-0.2, -0.15) is 13.2 Å². The van der Waals surface area contributed by atoms with Crippen LogP contribution < -0.4 is 11.1 Å². The van der Waals surface area contributed by atoms with Crippen molar-refractivity contribution >= 4 is 11.8 Å². The molecule has 5 nitrogen and oxygen atoms in total. The number of benzene rings is 1. The van der Waals surface area contributed by atoms with E-state index in [1.54, 1.807) is 0 Å². The number of rotatable bonds is 5. The van der Waals surface area contributed by atoms with Gasteiger partial charge in [0.05, 0.1) is 5.56 Å². The molecule has 1 heterocycles. The highest BCUT2D eigenvalue weighted by atomic mass is 19.4. The van der Waals surface area contributed by atoms with Gasteiger partial charge in [0, 0.05) is 13.0 Å². The Morgan fingerprint density at radius 2 is 2.04 bits per heavy atom. The fourth-order valence-corrected chi connectivity index (χ4v) is 2.47. The summed E-state index contributed by atoms with van der Waals surface area (Å²) in [7, 11) is 0. The third-order valence-corrected chi connectivity index (χ3v) is 3.63. The number of carbonyl (C=O) groups excluding carboxylic acids is 2. The van der Waals surface area contributed by atoms with Gasteiger partial charge in [-0.05, 0) is 24.5 Å². The lowest BCUT2D eigenvalue weighted by atomic mass is 9.99. The van der Waals surface area contributed by atoms with Crippen LogP contribution in [0, 0.1) is 0 Å². The van der Waals surface area contributed by atoms with Crippen molar-refractivity contribution in [2.24, 2.45) is 5.73 Å². The third kappa shape index (κ3) is 4.44. The van der Waals surface area contributed by atoms with Crippen molar-refractivity contribution < 1.29 is 27.5 Å². The molecule has 126 valence electrons. The highest BCUT2D eigenvalue weighted by molar-refractivity contribution is 5.88. The molecular weight excluding hydrogens is 313 g/mol. The Morgan fingerprint density at radius 1 is 1.35 bits per heavy atom. The number of nitrogens with one attached hydrogen (secondary N) is 1. The van der Waals surface area contributed by atoms with Gasteiger partial charge in [0.1, 0.15) is 12.1 Å². The summed E-state index contributed by atoms with van der Waals surface area (Å²) >= 11 is 0. The molecule has 23 heavy (non-hydrogen) atoms. The molecule has 2 atom stereocenters. The second-order valence-electron chi connectivity index (χ2n) is 5.32. The predicted octanol–water partition coefficient (Wildman–Crippen LogP) is 1.40. The van der Waals surface area contributed by atoms with Gasteiger partial charge in [-0.25, -0.2) is 0 Å². The van der Waals surface area contributed by atoms with Gasteiger partial charge >= 0.3 is 6.18 Å². The summed E-state index contributed by atoms with van der Waals surface area (Å²) in [5.41, 5.74) is 4.26. The Labute approximate surface area is 131 Å². The zero-order valence-electron chi connectivity index (χ0n) is 12.2. The van der Waals surface area contributed by atoms with E-state index < -0.39 is 35.7 Å². The van der Waals surface area contributed by atoms with Gasteiger partial charge < -0.3 is 15.8 Å². The van der Waals surface area contributed by atoms with Crippen molar-refractivity contribution in [3.05, 3.63) is 35.4 Å². The van der Waals surface area contributed by atoms with E-state index in [9.17, 15) is 22.8 Å². The molecule has 0 aromatic heterocycles. The summed E-state index contributed by atoms with van der Waals surface area (Å²) in [6, 6.07) is 3.66. The van der Waals surface area contributed by atoms with Crippen LogP contribution in [0.1, 0.15) is 24.0 Å². The van der Waals surface area contributed by atoms with Crippen molar-refractivity contribution in [3.63, 3.8) is 0 Å². The van der Waals surface area contributed by atoms with Crippen LogP contribution >= 0.6 is 0 Å². The molecule has 0 saturated carbocycles. The summed E-state index contributed by atoms with van der Waals surface area (Å²) in [6.07, 6.45) is -4.33. The summed E-state index contributed by atoms with van der Waals surface area (Å²) in [5.74, 6) is -1.43. The van der Waals surface area contributed by atoms with Crippen LogP contribution in [0.15, 0.2) is 24.3 Å². The largest absolute Gasteiger partial charge is 0.416 e. The van der Waals surface area contributed by atoms with Crippen LogP contribution in [-0.2, 0) is 26.9 Å². The number of hydrogen-bond acceptors (Lipinski definition) is 3. The van der Waals surface area contributed by atoms with Gasteiger partial charge in [-0.15, -0.1) is 0 Å². The molecular formula is C15H17F3N2O3. The number of amides is 2. The van der Waals surface area contributed by atoms with Gasteiger partial charge in [0.25, 0.3) is 0 Å². The number of hydrogen-bond donors (Lipinski definition) is 2. The van der Waals surface area contributed by atoms with E-state index in [2.05, 4.69) is 5.32 Å². The lowest BCUT2D eigenvalue weighted by Gasteiger charge is -2.20. The molecule has 1 aliphatic rings. The van der Waals surface area contributed by atoms with E-state index in [1.165, 1.54) is 18.2 Å². The lowest BCUT2D eigenvalue weighted by Crippen LogP contribution is -2.49. The molecule has 0 aliphatic carbocycles. The van der Waals surface area contributed by atoms with Crippen molar-refractivity contribution in [2.45, 2.75) is 37.6 Å². The molecule has 8 heteroatoms. The van der Waals surface area contributed by atoms with Crippen molar-refractivity contribution in [1.82, 2.24) is 5.32 Å². The van der Waals surface area contributed by atoms with Crippen molar-refractivity contribution in [1.29, 1.82) is 0 Å². The van der Waals surface area contributed by atoms with E-state index in [4.69, 9.17) is 10.5 Å². The van der Waals surface area contributed by atoms with Crippen molar-refractivity contribution in [2.75, 3.05) is 6.61 Å². The maximum Gasteiger partial charge on any atom is 0.416 e. The molecule has 0 bridgehead atoms. The predicted molar refractivity (Wildman–Crippen MR) is 75.2 cm³/mol. The first-order chi connectivity index (χ1) is 10.8. The summed E-state index contributed by atoms with van der Waals surface area (Å²) in [6.45, 7) is 0.441. The van der Waals surface area contributed by atoms with E-state index in [0.29, 0.717) is 13.0 Å². The fraction of sp³-hybridized carbons (Fsp3) is 0.467. The highest BCUT2D eigenvalue weighted by Gasteiger charge is 2.34. The summed E-state index contributed by atoms with van der Waals surface area (Å²) in [5, 5.41) is 2.38. The van der Waals surface area contributed by atoms with Gasteiger partial charge in [0.15, 0.2) is 0 Å². The zero-order valence-corrected chi connectivity index (χ0v) is 12.2. The number of ether oxygens (including phenoxy) is 1. The summed E-state index contributed by atoms with van der Waals surface area (Å²) in [4.78, 5) is 23.5. The molecule has 1 aliphatic heterocycles. The maximum atomic E-state index is 13.0. The van der Waals surface area contributed by atoms with Crippen LogP contribution in [0.5, 0.6) is 0 Å². The number of nitrogens with two attached hydrogens (primary N) is 1. The minimum atomic E-state index is -4.54. The Kier molecular flexibility index (Phi) is 5.25. The molecule has 2 rings (SSSR count). The molecule has 2 amide bonds. The van der Waals surface area contributed by atoms with E-state index in [-0.39, 0.29) is 12.0 Å². The fourth-order valence-electron chi connectivity index (χ4n) is 2.47. The molecule has 1 aromatic rings. The van der Waals surface area contributed by atoms with Crippen molar-refractivity contribution in [3.8, 4) is 0 Å². The second-order valence-corrected chi connectivity index (χ2v) is 5.32. The SMILES string of the molecule is NC(=O)[C@@H](Cc1ccccc1C(F)(F)F)NC(=O)[C@@H]1CCCO1. The number of primary amides is 1. The highest BCUT2D eigenvalue weighted by Crippen LogP contribution is 2.32. The third-order valence-electron chi connectivity index (χ3n) is 3.63. The second kappa shape index (κ2) is 6.99. The topological polar surface area (TPSA) is 81.4 Å². The molecule has 1 aromatic carbocycles. The van der Waals surface area contributed by atoms with Gasteiger partial charge in [0.2, 0.25) is 11.8 Å². The first-order valence-electron chi connectivity index (χ1n) is 7.15. The van der Waals surface area contributed by atoms with Crippen LogP contribution in [0.2, 0.25) is 0 Å². The van der Waals surface area contributed by atoms with Gasteiger partial charge in [-0.1, -0.05) is 18.2 Å². The standard InChI is InChI=1S/C15H17F3N2O3/c16-15(17,18)10-5-2-1-4-9(10)8-11(13(19)21)20-14(22)12-6-3-7-23-12/h1-2,4-5,11-12H,3,6-8H2,(H2,19,21)(H,20,22)/t11-,12+/m1/s1. The number of alkyl halides is 3. The van der Waals surface area contributed by atoms with Crippen LogP contribution in [0.3, 0.4) is 0 Å². The first-order valence-corrected chi connectivity index (χ1v) is 7.15. The Hall–Kier alpha value is -2.09. The Bertz CT molecular complexity index is 584. The smallest absolute Gasteiger partial charge is 0.368 e. The number of carbonyl (C=O) groups is 2. The molecule has 0 unspecified atom stereocenters. The van der Waals surface area contributed by atoms with Gasteiger partial charge in [-0.3, -0.25) is 9.59 Å². The monoisotopic (exact) mass is 330 g/mol. The molecule has 0 radical (unpaired) electrons. The zero-order chi connectivity index (χ0) is 17.0. The quantitative estimate of drug-likeness (QED) is 0.856. The minimum Gasteiger partial charge on any atom is -0.368 e. The Balaban J connectivity index is 2.14. The molecule has 1 saturated heterocycles. The number of halogens is 3. The lowest BCUT2D eigenvalue weighted by molar-refractivity contribution is -0.138. The van der Waals surface area contributed by atoms with E-state index in [0.717, 1.165) is 12.5 Å². The normalized spacial score (nSPS) is 19.3. The van der Waals surface area contributed by atoms with E-state index in [1.807, 2.05) is 0 Å². The minimum absolute atomic E-state index is 0.101. The average Bonchev–Trinajstić information content (AvgIpc) is 3.00. The average molecular weight is 330 g/mol. The van der Waals surface area contributed by atoms with E-state index >= 15 is 0 Å². The Morgan fingerprint density at radius 3 is 2.61 bits per heavy atom. The first kappa shape index (κ1) is 17.3. The van der Waals surface area contributed by atoms with Crippen LogP contribution in [0.25, 0.3) is 0 Å². The van der Waals surface area contributed by atoms with Crippen LogP contribution in [-0.4, -0.2) is 30.6 Å². The molecule has 0 spiro atoms. The molecule has 3 N–H and O–H groups in total. The maximum absolute atomic E-state index is 13.0. The summed E-state index contributed by atoms with van der Waals surface area (Å²) < 4.78 is 44.1.